The fourth-order valence-corrected chi connectivity index (χ4v) is 4.77. The van der Waals surface area contributed by atoms with Gasteiger partial charge in [0.1, 0.15) is 0 Å². The van der Waals surface area contributed by atoms with Crippen LogP contribution >= 0.6 is 0 Å². The molecule has 0 bridgehead atoms. The number of nitrogens with zero attached hydrogens (tertiary/aromatic N) is 1. The summed E-state index contributed by atoms with van der Waals surface area (Å²) in [5.41, 5.74) is 2.02. The Balaban J connectivity index is 0.000000756. The van der Waals surface area contributed by atoms with Gasteiger partial charge in [-0.3, -0.25) is 18.7 Å². The number of carbonyl (C=O) groups is 3. The van der Waals surface area contributed by atoms with Crippen LogP contribution in [0.5, 0.6) is 0 Å². The second-order valence-electron chi connectivity index (χ2n) is 11.5. The second-order valence-corrected chi connectivity index (χ2v) is 13.5. The molecule has 0 spiro atoms. The molecule has 1 saturated carbocycles. The van der Waals surface area contributed by atoms with Crippen molar-refractivity contribution in [1.82, 2.24) is 21.3 Å². The van der Waals surface area contributed by atoms with Gasteiger partial charge in [0, 0.05) is 44.4 Å². The van der Waals surface area contributed by atoms with Crippen molar-refractivity contribution in [2.75, 3.05) is 43.8 Å². The summed E-state index contributed by atoms with van der Waals surface area (Å²) in [5.74, 6) is -2.61. The Kier molecular flexibility index (Phi) is 13.8. The number of anilines is 1. The van der Waals surface area contributed by atoms with E-state index in [1.54, 1.807) is 6.92 Å². The third-order valence-corrected chi connectivity index (χ3v) is 8.65. The maximum absolute atomic E-state index is 13.4. The lowest BCUT2D eigenvalue weighted by Gasteiger charge is -2.19. The van der Waals surface area contributed by atoms with E-state index in [0.717, 1.165) is 35.5 Å². The molecule has 0 aliphatic heterocycles. The molecule has 3 aromatic carbocycles. The Hall–Kier alpha value is -4.36. The molecule has 3 amide bonds. The molecular formula is C34H43F2N5O5S. The highest BCUT2D eigenvalue weighted by Gasteiger charge is 2.23. The zero-order valence-corrected chi connectivity index (χ0v) is 27.9. The average molecular weight is 672 g/mol. The van der Waals surface area contributed by atoms with Crippen LogP contribution in [-0.2, 0) is 21.2 Å². The minimum absolute atomic E-state index is 0.0440. The quantitative estimate of drug-likeness (QED) is 0.194. The predicted molar refractivity (Wildman–Crippen MR) is 179 cm³/mol. The molecule has 254 valence electrons. The maximum Gasteiger partial charge on any atom is 0.251 e. The van der Waals surface area contributed by atoms with Crippen LogP contribution in [0.15, 0.2) is 66.7 Å². The Morgan fingerprint density at radius 1 is 0.851 bits per heavy atom. The molecule has 1 aliphatic carbocycles. The summed E-state index contributed by atoms with van der Waals surface area (Å²) in [7, 11) is -2.39. The van der Waals surface area contributed by atoms with Crippen molar-refractivity contribution in [3.05, 3.63) is 101 Å². The van der Waals surface area contributed by atoms with E-state index in [1.165, 1.54) is 36.9 Å². The number of nitrogens with one attached hydrogen (secondary N) is 4. The van der Waals surface area contributed by atoms with Crippen LogP contribution in [-0.4, -0.2) is 71.7 Å². The first kappa shape index (κ1) is 37.1. The van der Waals surface area contributed by atoms with Gasteiger partial charge in [-0.25, -0.2) is 17.2 Å². The molecule has 10 nitrogen and oxygen atoms in total. The van der Waals surface area contributed by atoms with Crippen LogP contribution in [0.3, 0.4) is 0 Å². The van der Waals surface area contributed by atoms with Crippen LogP contribution in [0.1, 0.15) is 51.6 Å². The lowest BCUT2D eigenvalue weighted by Crippen LogP contribution is -2.45. The fraction of sp³-hybridized carbons (Fsp3) is 0.382. The number of halogens is 2. The van der Waals surface area contributed by atoms with E-state index in [2.05, 4.69) is 40.3 Å². The van der Waals surface area contributed by atoms with Gasteiger partial charge >= 0.3 is 0 Å². The molecule has 0 saturated heterocycles. The highest BCUT2D eigenvalue weighted by Crippen LogP contribution is 2.27. The lowest BCUT2D eigenvalue weighted by molar-refractivity contribution is -0.122. The maximum atomic E-state index is 13.4. The second kappa shape index (κ2) is 17.5. The molecule has 13 heteroatoms. The zero-order valence-electron chi connectivity index (χ0n) is 27.1. The van der Waals surface area contributed by atoms with Crippen molar-refractivity contribution in [2.45, 2.75) is 39.2 Å². The van der Waals surface area contributed by atoms with E-state index in [4.69, 9.17) is 0 Å². The van der Waals surface area contributed by atoms with Crippen molar-refractivity contribution >= 4 is 33.4 Å². The summed E-state index contributed by atoms with van der Waals surface area (Å²) in [6.45, 7) is 5.06. The summed E-state index contributed by atoms with van der Waals surface area (Å²) in [4.78, 5) is 37.9. The van der Waals surface area contributed by atoms with Crippen molar-refractivity contribution in [3.8, 4) is 0 Å². The molecule has 4 rings (SSSR count). The normalized spacial score (nSPS) is 13.1. The number of sulfonamides is 1. The van der Waals surface area contributed by atoms with Crippen LogP contribution in [0, 0.1) is 24.5 Å². The Labute approximate surface area is 275 Å². The minimum Gasteiger partial charge on any atom is -0.354 e. The summed E-state index contributed by atoms with van der Waals surface area (Å²) >= 11 is 0. The first-order valence-corrected chi connectivity index (χ1v) is 17.2. The van der Waals surface area contributed by atoms with Gasteiger partial charge in [-0.1, -0.05) is 42.0 Å². The number of carbonyl (C=O) groups excluding carboxylic acids is 3. The number of benzene rings is 3. The van der Waals surface area contributed by atoms with E-state index in [1.807, 2.05) is 18.2 Å². The third kappa shape index (κ3) is 12.7. The largest absolute Gasteiger partial charge is 0.354 e. The minimum atomic E-state index is -3.69. The molecule has 4 N–H and O–H groups in total. The molecule has 0 unspecified atom stereocenters. The first-order chi connectivity index (χ1) is 22.2. The smallest absolute Gasteiger partial charge is 0.251 e. The average Bonchev–Trinajstić information content (AvgIpc) is 3.87. The number of amides is 3. The monoisotopic (exact) mass is 671 g/mol. The summed E-state index contributed by atoms with van der Waals surface area (Å²) in [5, 5.41) is 11.3. The predicted octanol–water partition coefficient (Wildman–Crippen LogP) is 3.56. The molecule has 1 fully saturated rings. The van der Waals surface area contributed by atoms with Crippen LogP contribution in [0.4, 0.5) is 14.5 Å². The lowest BCUT2D eigenvalue weighted by atomic mass is 10.1. The highest BCUT2D eigenvalue weighted by molar-refractivity contribution is 7.92. The van der Waals surface area contributed by atoms with Gasteiger partial charge in [-0.05, 0) is 74.9 Å². The molecule has 0 radical (unpaired) electrons. The Morgan fingerprint density at radius 3 is 2.00 bits per heavy atom. The fourth-order valence-electron chi connectivity index (χ4n) is 4.28. The standard InChI is InChI=1S/C27H35F2N5O5S.C7H8/c1-17(25(35)33-16-19-4-5-19)30-10-11-32-27(37)21-13-20(14-22(15-21)34(2)40(3,38)39)26(36)31-9-8-18-6-7-23(28)24(29)12-18;1-7-5-3-2-4-6-7/h6-7,12-15,17,19,30H,4-5,8-11,16H2,1-3H3,(H,31,36)(H,32,37)(H,33,35);2-6H,1H3/t17-;/m0./s1. The van der Waals surface area contributed by atoms with E-state index in [9.17, 15) is 31.6 Å². The van der Waals surface area contributed by atoms with E-state index in [-0.39, 0.29) is 42.2 Å². The van der Waals surface area contributed by atoms with Crippen LogP contribution < -0.4 is 25.6 Å². The molecule has 0 heterocycles. The zero-order chi connectivity index (χ0) is 34.6. The van der Waals surface area contributed by atoms with Crippen molar-refractivity contribution in [3.63, 3.8) is 0 Å². The van der Waals surface area contributed by atoms with Gasteiger partial charge < -0.3 is 21.3 Å². The van der Waals surface area contributed by atoms with Crippen molar-refractivity contribution < 1.29 is 31.6 Å². The molecule has 1 atom stereocenters. The van der Waals surface area contributed by atoms with Gasteiger partial charge in [0.25, 0.3) is 11.8 Å². The summed E-state index contributed by atoms with van der Waals surface area (Å²) in [6, 6.07) is 17.3. The number of aryl methyl sites for hydroxylation is 1. The molecule has 3 aromatic rings. The van der Waals surface area contributed by atoms with E-state index in [0.29, 0.717) is 24.6 Å². The Bertz CT molecular complexity index is 1640. The van der Waals surface area contributed by atoms with E-state index < -0.39 is 39.5 Å². The summed E-state index contributed by atoms with van der Waals surface area (Å²) in [6.07, 6.45) is 3.49. The molecule has 0 aromatic heterocycles. The SMILES string of the molecule is C[C@H](NCCNC(=O)c1cc(C(=O)NCCc2ccc(F)c(F)c2)cc(N(C)S(C)(=O)=O)c1)C(=O)NCC1CC1.Cc1ccccc1. The van der Waals surface area contributed by atoms with Crippen LogP contribution in [0.2, 0.25) is 0 Å². The third-order valence-electron chi connectivity index (χ3n) is 7.44. The number of rotatable bonds is 14. The van der Waals surface area contributed by atoms with Crippen molar-refractivity contribution in [1.29, 1.82) is 0 Å². The molecular weight excluding hydrogens is 628 g/mol. The van der Waals surface area contributed by atoms with Gasteiger partial charge in [-0.15, -0.1) is 0 Å². The van der Waals surface area contributed by atoms with Gasteiger partial charge in [0.15, 0.2) is 11.6 Å². The van der Waals surface area contributed by atoms with Gasteiger partial charge in [0.05, 0.1) is 18.0 Å². The molecule has 47 heavy (non-hydrogen) atoms. The molecule has 1 aliphatic rings. The van der Waals surface area contributed by atoms with Gasteiger partial charge in [0.2, 0.25) is 15.9 Å². The first-order valence-electron chi connectivity index (χ1n) is 15.4. The van der Waals surface area contributed by atoms with E-state index >= 15 is 0 Å². The van der Waals surface area contributed by atoms with Crippen LogP contribution in [0.25, 0.3) is 0 Å². The topological polar surface area (TPSA) is 137 Å². The Morgan fingerprint density at radius 2 is 1.47 bits per heavy atom. The number of hydrogen-bond donors (Lipinski definition) is 4. The van der Waals surface area contributed by atoms with Gasteiger partial charge in [-0.2, -0.15) is 0 Å². The number of hydrogen-bond acceptors (Lipinski definition) is 6. The highest BCUT2D eigenvalue weighted by atomic mass is 32.2. The summed E-state index contributed by atoms with van der Waals surface area (Å²) < 4.78 is 51.8. The van der Waals surface area contributed by atoms with Crippen molar-refractivity contribution in [2.24, 2.45) is 5.92 Å².